The van der Waals surface area contributed by atoms with Crippen LogP contribution in [0.4, 0.5) is 0 Å². The maximum absolute atomic E-state index is 13.0. The van der Waals surface area contributed by atoms with E-state index >= 15 is 0 Å². The van der Waals surface area contributed by atoms with Gasteiger partial charge >= 0.3 is 0 Å². The van der Waals surface area contributed by atoms with Crippen LogP contribution in [0.25, 0.3) is 0 Å². The summed E-state index contributed by atoms with van der Waals surface area (Å²) in [5.74, 6) is 0.808. The summed E-state index contributed by atoms with van der Waals surface area (Å²) in [4.78, 5) is 0.135. The van der Waals surface area contributed by atoms with Gasteiger partial charge in [-0.3, -0.25) is 0 Å². The maximum atomic E-state index is 13.0. The summed E-state index contributed by atoms with van der Waals surface area (Å²) in [6.07, 6.45) is 2.56. The van der Waals surface area contributed by atoms with Crippen LogP contribution in [0.2, 0.25) is 0 Å². The standard InChI is InChI=1S/C16H25NO5S/c1-4-10-22-14-6-5-9-17(12-14)23(18,19)16-11-13(20-2)7-8-15(16)21-3/h7-8,11,14H,4-6,9-10,12H2,1-3H3. The van der Waals surface area contributed by atoms with E-state index in [-0.39, 0.29) is 11.0 Å². The molecule has 1 atom stereocenters. The van der Waals surface area contributed by atoms with Crippen molar-refractivity contribution in [3.8, 4) is 11.5 Å². The maximum Gasteiger partial charge on any atom is 0.246 e. The highest BCUT2D eigenvalue weighted by Crippen LogP contribution is 2.32. The van der Waals surface area contributed by atoms with Crippen molar-refractivity contribution in [3.05, 3.63) is 18.2 Å². The first-order valence-electron chi connectivity index (χ1n) is 7.86. The SMILES string of the molecule is CCCOC1CCCN(S(=O)(=O)c2cc(OC)ccc2OC)C1. The number of ether oxygens (including phenoxy) is 3. The fraction of sp³-hybridized carbons (Fsp3) is 0.625. The molecule has 0 radical (unpaired) electrons. The largest absolute Gasteiger partial charge is 0.497 e. The Morgan fingerprint density at radius 1 is 1.26 bits per heavy atom. The second-order valence-corrected chi connectivity index (χ2v) is 7.42. The van der Waals surface area contributed by atoms with Gasteiger partial charge in [0.2, 0.25) is 10.0 Å². The molecule has 0 spiro atoms. The van der Waals surface area contributed by atoms with E-state index in [0.29, 0.717) is 31.2 Å². The first-order chi connectivity index (χ1) is 11.0. The van der Waals surface area contributed by atoms with Gasteiger partial charge in [0.1, 0.15) is 16.4 Å². The van der Waals surface area contributed by atoms with Gasteiger partial charge < -0.3 is 14.2 Å². The molecular formula is C16H25NO5S. The van der Waals surface area contributed by atoms with Gasteiger partial charge in [0.05, 0.1) is 20.3 Å². The van der Waals surface area contributed by atoms with E-state index < -0.39 is 10.0 Å². The lowest BCUT2D eigenvalue weighted by atomic mass is 10.1. The van der Waals surface area contributed by atoms with Gasteiger partial charge in [-0.2, -0.15) is 4.31 Å². The van der Waals surface area contributed by atoms with Gasteiger partial charge in [-0.15, -0.1) is 0 Å². The molecule has 1 fully saturated rings. The van der Waals surface area contributed by atoms with Crippen LogP contribution in [-0.2, 0) is 14.8 Å². The molecule has 0 aliphatic carbocycles. The number of sulfonamides is 1. The predicted molar refractivity (Wildman–Crippen MR) is 87.6 cm³/mol. The van der Waals surface area contributed by atoms with Crippen molar-refractivity contribution in [1.82, 2.24) is 4.31 Å². The Bertz CT molecular complexity index is 617. The van der Waals surface area contributed by atoms with Crippen molar-refractivity contribution in [2.75, 3.05) is 33.9 Å². The zero-order chi connectivity index (χ0) is 16.9. The van der Waals surface area contributed by atoms with Gasteiger partial charge in [0, 0.05) is 25.8 Å². The molecule has 1 aliphatic heterocycles. The molecule has 0 amide bonds. The van der Waals surface area contributed by atoms with Gasteiger partial charge in [-0.25, -0.2) is 8.42 Å². The summed E-state index contributed by atoms with van der Waals surface area (Å²) >= 11 is 0. The second kappa shape index (κ2) is 7.99. The van der Waals surface area contributed by atoms with Crippen LogP contribution in [0.3, 0.4) is 0 Å². The van der Waals surface area contributed by atoms with E-state index in [4.69, 9.17) is 14.2 Å². The van der Waals surface area contributed by atoms with Crippen LogP contribution in [0.15, 0.2) is 23.1 Å². The molecule has 0 bridgehead atoms. The normalized spacial score (nSPS) is 19.5. The van der Waals surface area contributed by atoms with Gasteiger partial charge in [-0.05, 0) is 31.4 Å². The molecule has 0 saturated carbocycles. The van der Waals surface area contributed by atoms with Crippen LogP contribution in [0.1, 0.15) is 26.2 Å². The summed E-state index contributed by atoms with van der Waals surface area (Å²) < 4.78 is 43.6. The van der Waals surface area contributed by atoms with E-state index in [1.807, 2.05) is 6.92 Å². The number of hydrogen-bond acceptors (Lipinski definition) is 5. The Hall–Kier alpha value is -1.31. The third-order valence-electron chi connectivity index (χ3n) is 3.89. The fourth-order valence-corrected chi connectivity index (χ4v) is 4.35. The van der Waals surface area contributed by atoms with Crippen molar-refractivity contribution < 1.29 is 22.6 Å². The summed E-state index contributed by atoms with van der Waals surface area (Å²) in [6.45, 7) is 3.57. The minimum atomic E-state index is -3.65. The monoisotopic (exact) mass is 343 g/mol. The van der Waals surface area contributed by atoms with Crippen molar-refractivity contribution in [1.29, 1.82) is 0 Å². The highest BCUT2D eigenvalue weighted by molar-refractivity contribution is 7.89. The van der Waals surface area contributed by atoms with Crippen LogP contribution in [-0.4, -0.2) is 52.7 Å². The predicted octanol–water partition coefficient (Wildman–Crippen LogP) is 2.28. The lowest BCUT2D eigenvalue weighted by molar-refractivity contribution is 0.0193. The molecule has 1 saturated heterocycles. The molecule has 0 aromatic heterocycles. The number of benzene rings is 1. The van der Waals surface area contributed by atoms with Crippen LogP contribution in [0, 0.1) is 0 Å². The number of methoxy groups -OCH3 is 2. The molecule has 1 aliphatic rings. The summed E-state index contributed by atoms with van der Waals surface area (Å²) in [7, 11) is -0.677. The molecule has 130 valence electrons. The molecule has 2 rings (SSSR count). The van der Waals surface area contributed by atoms with E-state index in [9.17, 15) is 8.42 Å². The molecule has 7 heteroatoms. The zero-order valence-electron chi connectivity index (χ0n) is 13.9. The molecule has 1 heterocycles. The van der Waals surface area contributed by atoms with Crippen LogP contribution in [0.5, 0.6) is 11.5 Å². The number of rotatable bonds is 7. The van der Waals surface area contributed by atoms with Crippen LogP contribution >= 0.6 is 0 Å². The Morgan fingerprint density at radius 3 is 2.70 bits per heavy atom. The fourth-order valence-electron chi connectivity index (χ4n) is 2.67. The Labute approximate surface area is 138 Å². The lowest BCUT2D eigenvalue weighted by Crippen LogP contribution is -2.43. The average Bonchev–Trinajstić information content (AvgIpc) is 2.59. The Morgan fingerprint density at radius 2 is 2.04 bits per heavy atom. The molecule has 1 unspecified atom stereocenters. The van der Waals surface area contributed by atoms with E-state index in [0.717, 1.165) is 19.3 Å². The summed E-state index contributed by atoms with van der Waals surface area (Å²) in [6, 6.07) is 4.80. The van der Waals surface area contributed by atoms with Crippen molar-refractivity contribution >= 4 is 10.0 Å². The minimum Gasteiger partial charge on any atom is -0.497 e. The Kier molecular flexibility index (Phi) is 6.26. The van der Waals surface area contributed by atoms with Gasteiger partial charge in [-0.1, -0.05) is 6.92 Å². The molecular weight excluding hydrogens is 318 g/mol. The van der Waals surface area contributed by atoms with Crippen molar-refractivity contribution in [2.24, 2.45) is 0 Å². The topological polar surface area (TPSA) is 65.1 Å². The number of hydrogen-bond donors (Lipinski definition) is 0. The highest BCUT2D eigenvalue weighted by atomic mass is 32.2. The lowest BCUT2D eigenvalue weighted by Gasteiger charge is -2.32. The molecule has 23 heavy (non-hydrogen) atoms. The Balaban J connectivity index is 2.26. The quantitative estimate of drug-likeness (QED) is 0.760. The molecule has 6 nitrogen and oxygen atoms in total. The highest BCUT2D eigenvalue weighted by Gasteiger charge is 2.32. The van der Waals surface area contributed by atoms with Gasteiger partial charge in [0.15, 0.2) is 0 Å². The number of nitrogens with zero attached hydrogens (tertiary/aromatic N) is 1. The van der Waals surface area contributed by atoms with E-state index in [1.54, 1.807) is 12.1 Å². The molecule has 0 N–H and O–H groups in total. The van der Waals surface area contributed by atoms with Gasteiger partial charge in [0.25, 0.3) is 0 Å². The summed E-state index contributed by atoms with van der Waals surface area (Å²) in [5.41, 5.74) is 0. The summed E-state index contributed by atoms with van der Waals surface area (Å²) in [5, 5.41) is 0. The van der Waals surface area contributed by atoms with Crippen molar-refractivity contribution in [2.45, 2.75) is 37.2 Å². The zero-order valence-corrected chi connectivity index (χ0v) is 14.8. The first-order valence-corrected chi connectivity index (χ1v) is 9.30. The first kappa shape index (κ1) is 18.0. The van der Waals surface area contributed by atoms with E-state index in [2.05, 4.69) is 0 Å². The average molecular weight is 343 g/mol. The number of piperidine rings is 1. The van der Waals surface area contributed by atoms with E-state index in [1.165, 1.54) is 24.6 Å². The second-order valence-electron chi connectivity index (χ2n) is 5.51. The third-order valence-corrected chi connectivity index (χ3v) is 5.77. The smallest absolute Gasteiger partial charge is 0.246 e. The third kappa shape index (κ3) is 4.16. The minimum absolute atomic E-state index is 0.0462. The molecule has 1 aromatic rings. The molecule has 1 aromatic carbocycles. The van der Waals surface area contributed by atoms with Crippen molar-refractivity contribution in [3.63, 3.8) is 0 Å². The van der Waals surface area contributed by atoms with Crippen LogP contribution < -0.4 is 9.47 Å².